The van der Waals surface area contributed by atoms with Crippen molar-refractivity contribution in [2.75, 3.05) is 13.1 Å². The van der Waals surface area contributed by atoms with Gasteiger partial charge in [-0.05, 0) is 37.1 Å². The smallest absolute Gasteiger partial charge is 0.0350 e. The predicted molar refractivity (Wildman–Crippen MR) is 94.9 cm³/mol. The fourth-order valence-electron chi connectivity index (χ4n) is 3.52. The highest BCUT2D eigenvalue weighted by atomic mass is 15.2. The molecule has 0 bridgehead atoms. The maximum atomic E-state index is 2.64. The first-order valence-corrected chi connectivity index (χ1v) is 8.40. The molecule has 114 valence electrons. The monoisotopic (exact) mass is 291 g/mol. The largest absolute Gasteiger partial charge is 0.296 e. The second-order valence-corrected chi connectivity index (χ2v) is 6.10. The Hall–Kier alpha value is -1.86. The minimum atomic E-state index is 0.516. The molecule has 0 unspecified atom stereocenters. The number of benzene rings is 2. The minimum Gasteiger partial charge on any atom is -0.296 e. The van der Waals surface area contributed by atoms with E-state index in [2.05, 4.69) is 84.6 Å². The molecule has 0 radical (unpaired) electrons. The Morgan fingerprint density at radius 1 is 1.00 bits per heavy atom. The van der Waals surface area contributed by atoms with Gasteiger partial charge in [-0.25, -0.2) is 0 Å². The highest BCUT2D eigenvalue weighted by molar-refractivity contribution is 5.50. The first-order chi connectivity index (χ1) is 10.9. The molecule has 2 aromatic carbocycles. The molecule has 0 amide bonds. The van der Waals surface area contributed by atoms with Crippen molar-refractivity contribution >= 4 is 6.08 Å². The molecule has 0 aliphatic carbocycles. The standard InChI is InChI=1S/C21H25N/c1-2-16-22-17-15-20(19-11-7-4-8-12-19)21(22)14-13-18-9-5-3-6-10-18/h3-14,20-21H,2,15-17H2,1H3/b14-13+/t20-,21+/m0/s1. The Bertz CT molecular complexity index is 588. The lowest BCUT2D eigenvalue weighted by atomic mass is 9.91. The molecule has 0 spiro atoms. The lowest BCUT2D eigenvalue weighted by Gasteiger charge is -2.25. The van der Waals surface area contributed by atoms with E-state index in [1.165, 1.54) is 37.1 Å². The molecule has 2 aromatic rings. The molecule has 1 nitrogen and oxygen atoms in total. The lowest BCUT2D eigenvalue weighted by molar-refractivity contribution is 0.283. The van der Waals surface area contributed by atoms with Gasteiger partial charge in [0.1, 0.15) is 0 Å². The Kier molecular flexibility index (Phi) is 5.07. The van der Waals surface area contributed by atoms with Crippen molar-refractivity contribution in [1.82, 2.24) is 4.90 Å². The van der Waals surface area contributed by atoms with Crippen LogP contribution in [0.1, 0.15) is 36.8 Å². The van der Waals surface area contributed by atoms with Crippen LogP contribution in [0, 0.1) is 0 Å². The summed E-state index contributed by atoms with van der Waals surface area (Å²) in [5.74, 6) is 0.618. The van der Waals surface area contributed by atoms with Gasteiger partial charge in [-0.3, -0.25) is 4.90 Å². The summed E-state index contributed by atoms with van der Waals surface area (Å²) in [6.45, 7) is 4.66. The predicted octanol–water partition coefficient (Wildman–Crippen LogP) is 4.97. The van der Waals surface area contributed by atoms with E-state index in [9.17, 15) is 0 Å². The average Bonchev–Trinajstić information content (AvgIpc) is 2.98. The fourth-order valence-corrected chi connectivity index (χ4v) is 3.52. The zero-order valence-electron chi connectivity index (χ0n) is 13.4. The van der Waals surface area contributed by atoms with E-state index < -0.39 is 0 Å². The summed E-state index contributed by atoms with van der Waals surface area (Å²) in [6.07, 6.45) is 7.18. The third-order valence-electron chi connectivity index (χ3n) is 4.59. The van der Waals surface area contributed by atoms with E-state index in [1.54, 1.807) is 0 Å². The van der Waals surface area contributed by atoms with Gasteiger partial charge >= 0.3 is 0 Å². The van der Waals surface area contributed by atoms with Gasteiger partial charge in [-0.1, -0.05) is 79.7 Å². The van der Waals surface area contributed by atoms with Gasteiger partial charge in [-0.15, -0.1) is 0 Å². The summed E-state index contributed by atoms with van der Waals surface area (Å²) >= 11 is 0. The zero-order valence-corrected chi connectivity index (χ0v) is 13.4. The number of hydrogen-bond acceptors (Lipinski definition) is 1. The van der Waals surface area contributed by atoms with E-state index in [0.717, 1.165) is 0 Å². The Labute approximate surface area is 134 Å². The molecule has 3 rings (SSSR count). The minimum absolute atomic E-state index is 0.516. The van der Waals surface area contributed by atoms with Crippen LogP contribution in [0.4, 0.5) is 0 Å². The first-order valence-electron chi connectivity index (χ1n) is 8.40. The van der Waals surface area contributed by atoms with E-state index in [1.807, 2.05) is 0 Å². The summed E-state index contributed by atoms with van der Waals surface area (Å²) in [7, 11) is 0. The zero-order chi connectivity index (χ0) is 15.2. The molecule has 1 fully saturated rings. The van der Waals surface area contributed by atoms with Crippen LogP contribution in [0.25, 0.3) is 6.08 Å². The van der Waals surface area contributed by atoms with Crippen LogP contribution in [0.5, 0.6) is 0 Å². The van der Waals surface area contributed by atoms with Gasteiger partial charge in [-0.2, -0.15) is 0 Å². The number of nitrogens with zero attached hydrogens (tertiary/aromatic N) is 1. The SMILES string of the molecule is CCCN1CC[C@@H](c2ccccc2)[C@H]1/C=C/c1ccccc1. The summed E-state index contributed by atoms with van der Waals surface area (Å²) < 4.78 is 0. The Morgan fingerprint density at radius 3 is 2.36 bits per heavy atom. The van der Waals surface area contributed by atoms with Gasteiger partial charge in [0.15, 0.2) is 0 Å². The highest BCUT2D eigenvalue weighted by Gasteiger charge is 2.32. The second kappa shape index (κ2) is 7.42. The van der Waals surface area contributed by atoms with Crippen LogP contribution < -0.4 is 0 Å². The van der Waals surface area contributed by atoms with Gasteiger partial charge in [0.05, 0.1) is 0 Å². The van der Waals surface area contributed by atoms with Crippen LogP contribution in [0.15, 0.2) is 66.7 Å². The molecule has 2 atom stereocenters. The average molecular weight is 291 g/mol. The van der Waals surface area contributed by atoms with Crippen LogP contribution in [-0.2, 0) is 0 Å². The quantitative estimate of drug-likeness (QED) is 0.752. The summed E-state index contributed by atoms with van der Waals surface area (Å²) in [5.41, 5.74) is 2.77. The summed E-state index contributed by atoms with van der Waals surface area (Å²) in [6, 6.07) is 22.1. The van der Waals surface area contributed by atoms with Crippen molar-refractivity contribution in [1.29, 1.82) is 0 Å². The molecule has 1 aliphatic heterocycles. The van der Waals surface area contributed by atoms with Gasteiger partial charge in [0.2, 0.25) is 0 Å². The molecule has 0 aromatic heterocycles. The number of likely N-dealkylation sites (tertiary alicyclic amines) is 1. The number of rotatable bonds is 5. The van der Waals surface area contributed by atoms with Gasteiger partial charge in [0.25, 0.3) is 0 Å². The topological polar surface area (TPSA) is 3.24 Å². The maximum absolute atomic E-state index is 2.64. The van der Waals surface area contributed by atoms with Crippen molar-refractivity contribution in [3.05, 3.63) is 77.9 Å². The molecule has 1 heteroatoms. The van der Waals surface area contributed by atoms with Crippen LogP contribution in [-0.4, -0.2) is 24.0 Å². The van der Waals surface area contributed by atoms with Crippen molar-refractivity contribution in [2.24, 2.45) is 0 Å². The Morgan fingerprint density at radius 2 is 1.68 bits per heavy atom. The fraction of sp³-hybridized carbons (Fsp3) is 0.333. The highest BCUT2D eigenvalue weighted by Crippen LogP contribution is 2.34. The summed E-state index contributed by atoms with van der Waals surface area (Å²) in [4.78, 5) is 2.64. The molecule has 0 N–H and O–H groups in total. The summed E-state index contributed by atoms with van der Waals surface area (Å²) in [5, 5.41) is 0. The van der Waals surface area contributed by atoms with E-state index in [0.29, 0.717) is 12.0 Å². The lowest BCUT2D eigenvalue weighted by Crippen LogP contribution is -2.31. The molecule has 0 saturated carbocycles. The van der Waals surface area contributed by atoms with Crippen molar-refractivity contribution < 1.29 is 0 Å². The van der Waals surface area contributed by atoms with Crippen molar-refractivity contribution in [3.63, 3.8) is 0 Å². The van der Waals surface area contributed by atoms with Gasteiger partial charge < -0.3 is 0 Å². The van der Waals surface area contributed by atoms with Crippen LogP contribution in [0.3, 0.4) is 0 Å². The first kappa shape index (κ1) is 15.1. The van der Waals surface area contributed by atoms with E-state index in [4.69, 9.17) is 0 Å². The molecule has 1 saturated heterocycles. The normalized spacial score (nSPS) is 22.4. The molecule has 1 aliphatic rings. The van der Waals surface area contributed by atoms with E-state index in [-0.39, 0.29) is 0 Å². The molecule has 1 heterocycles. The van der Waals surface area contributed by atoms with Crippen molar-refractivity contribution in [2.45, 2.75) is 31.7 Å². The van der Waals surface area contributed by atoms with Crippen LogP contribution >= 0.6 is 0 Å². The maximum Gasteiger partial charge on any atom is 0.0350 e. The second-order valence-electron chi connectivity index (χ2n) is 6.10. The Balaban J connectivity index is 1.82. The number of hydrogen-bond donors (Lipinski definition) is 0. The van der Waals surface area contributed by atoms with Gasteiger partial charge in [0, 0.05) is 12.0 Å². The molecular weight excluding hydrogens is 266 g/mol. The molecular formula is C21H25N. The van der Waals surface area contributed by atoms with Crippen molar-refractivity contribution in [3.8, 4) is 0 Å². The van der Waals surface area contributed by atoms with E-state index >= 15 is 0 Å². The molecule has 22 heavy (non-hydrogen) atoms. The third-order valence-corrected chi connectivity index (χ3v) is 4.59. The third kappa shape index (κ3) is 3.48. The van der Waals surface area contributed by atoms with Crippen LogP contribution in [0.2, 0.25) is 0 Å².